The molecule has 0 saturated heterocycles. The average molecular weight is 457 g/mol. The fourth-order valence-corrected chi connectivity index (χ4v) is 3.01. The van der Waals surface area contributed by atoms with Gasteiger partial charge >= 0.3 is 18.2 Å². The van der Waals surface area contributed by atoms with Gasteiger partial charge in [0, 0.05) is 19.2 Å². The van der Waals surface area contributed by atoms with Crippen LogP contribution in [0.5, 0.6) is 5.75 Å². The highest BCUT2D eigenvalue weighted by molar-refractivity contribution is 5.84. The molecule has 0 saturated carbocycles. The average Bonchev–Trinajstić information content (AvgIpc) is 2.82. The highest BCUT2D eigenvalue weighted by Crippen LogP contribution is 2.20. The molecule has 2 aromatic carbocycles. The third-order valence-electron chi connectivity index (χ3n) is 4.76. The van der Waals surface area contributed by atoms with Gasteiger partial charge in [-0.25, -0.2) is 14.4 Å². The van der Waals surface area contributed by atoms with E-state index < -0.39 is 18.2 Å². The standard InChI is InChI=1S/C25H32N2O6/c1-2-23(28)31-17-9-10-18-32-24(29)26-15-7-3-4-8-16-27-25(30)33-22-14-13-20-11-5-6-12-21(20)19-22/h2,5-6,11-14,19H,1,3-4,7-10,15-18H2,(H,26,29)(H,27,30). The Kier molecular flexibility index (Phi) is 11.9. The number of amides is 2. The van der Waals surface area contributed by atoms with Crippen LogP contribution in [0.1, 0.15) is 38.5 Å². The Hall–Kier alpha value is -3.55. The predicted molar refractivity (Wildman–Crippen MR) is 126 cm³/mol. The molecule has 2 amide bonds. The Morgan fingerprint density at radius 1 is 0.758 bits per heavy atom. The Morgan fingerprint density at radius 3 is 2.09 bits per heavy atom. The van der Waals surface area contributed by atoms with Crippen LogP contribution in [0, 0.1) is 0 Å². The SMILES string of the molecule is C=CC(=O)OCCCCOC(=O)NCCCCCCNC(=O)Oc1ccc2ccccc2c1. The minimum Gasteiger partial charge on any atom is -0.463 e. The molecule has 0 atom stereocenters. The monoisotopic (exact) mass is 456 g/mol. The van der Waals surface area contributed by atoms with Gasteiger partial charge in [0.15, 0.2) is 0 Å². The van der Waals surface area contributed by atoms with Gasteiger partial charge in [0.05, 0.1) is 13.2 Å². The van der Waals surface area contributed by atoms with Crippen LogP contribution < -0.4 is 15.4 Å². The highest BCUT2D eigenvalue weighted by Gasteiger charge is 2.05. The first kappa shape index (κ1) is 25.7. The zero-order chi connectivity index (χ0) is 23.7. The molecule has 0 aromatic heterocycles. The summed E-state index contributed by atoms with van der Waals surface area (Å²) in [5.41, 5.74) is 0. The molecule has 0 bridgehead atoms. The smallest absolute Gasteiger partial charge is 0.412 e. The van der Waals surface area contributed by atoms with Gasteiger partial charge in [-0.05, 0) is 48.6 Å². The Morgan fingerprint density at radius 2 is 1.39 bits per heavy atom. The summed E-state index contributed by atoms with van der Waals surface area (Å²) in [5, 5.41) is 7.57. The van der Waals surface area contributed by atoms with Gasteiger partial charge in [-0.1, -0.05) is 49.8 Å². The zero-order valence-corrected chi connectivity index (χ0v) is 18.8. The van der Waals surface area contributed by atoms with E-state index in [0.717, 1.165) is 42.5 Å². The van der Waals surface area contributed by atoms with Gasteiger partial charge in [-0.3, -0.25) is 0 Å². The summed E-state index contributed by atoms with van der Waals surface area (Å²) < 4.78 is 15.2. The van der Waals surface area contributed by atoms with Crippen molar-refractivity contribution in [1.82, 2.24) is 10.6 Å². The van der Waals surface area contributed by atoms with Crippen molar-refractivity contribution in [1.29, 1.82) is 0 Å². The summed E-state index contributed by atoms with van der Waals surface area (Å²) in [6.07, 6.45) is 4.95. The number of alkyl carbamates (subject to hydrolysis) is 1. The number of hydrogen-bond donors (Lipinski definition) is 2. The van der Waals surface area contributed by atoms with Gasteiger partial charge in [-0.2, -0.15) is 0 Å². The van der Waals surface area contributed by atoms with Crippen molar-refractivity contribution >= 4 is 28.9 Å². The molecule has 0 radical (unpaired) electrons. The summed E-state index contributed by atoms with van der Waals surface area (Å²) in [7, 11) is 0. The van der Waals surface area contributed by atoms with Gasteiger partial charge in [-0.15, -0.1) is 0 Å². The van der Waals surface area contributed by atoms with Gasteiger partial charge in [0.25, 0.3) is 0 Å². The molecule has 2 rings (SSSR count). The lowest BCUT2D eigenvalue weighted by molar-refractivity contribution is -0.137. The van der Waals surface area contributed by atoms with Crippen molar-refractivity contribution in [3.63, 3.8) is 0 Å². The van der Waals surface area contributed by atoms with Crippen LogP contribution in [0.25, 0.3) is 10.8 Å². The molecule has 0 spiro atoms. The molecule has 2 aromatic rings. The van der Waals surface area contributed by atoms with Crippen LogP contribution in [0.15, 0.2) is 55.1 Å². The number of rotatable bonds is 14. The number of fused-ring (bicyclic) bond motifs is 1. The van der Waals surface area contributed by atoms with E-state index in [9.17, 15) is 14.4 Å². The molecule has 0 fully saturated rings. The zero-order valence-electron chi connectivity index (χ0n) is 18.8. The summed E-state index contributed by atoms with van der Waals surface area (Å²) in [6.45, 7) is 4.94. The van der Waals surface area contributed by atoms with Crippen molar-refractivity contribution in [3.8, 4) is 5.75 Å². The Bertz CT molecular complexity index is 915. The van der Waals surface area contributed by atoms with Crippen molar-refractivity contribution in [2.45, 2.75) is 38.5 Å². The topological polar surface area (TPSA) is 103 Å². The lowest BCUT2D eigenvalue weighted by Crippen LogP contribution is -2.27. The molecule has 0 aliphatic carbocycles. The van der Waals surface area contributed by atoms with Crippen molar-refractivity contribution in [2.75, 3.05) is 26.3 Å². The third kappa shape index (κ3) is 11.0. The first-order chi connectivity index (χ1) is 16.1. The van der Waals surface area contributed by atoms with Crippen LogP contribution in [-0.4, -0.2) is 44.5 Å². The molecule has 0 aliphatic heterocycles. The number of carbonyl (C=O) groups excluding carboxylic acids is 3. The molecule has 2 N–H and O–H groups in total. The van der Waals surface area contributed by atoms with Gasteiger partial charge in [0.1, 0.15) is 5.75 Å². The lowest BCUT2D eigenvalue weighted by atomic mass is 10.1. The number of unbranched alkanes of at least 4 members (excludes halogenated alkanes) is 4. The fourth-order valence-electron chi connectivity index (χ4n) is 3.01. The molecule has 33 heavy (non-hydrogen) atoms. The molecule has 0 heterocycles. The Balaban J connectivity index is 1.41. The second-order valence-electron chi connectivity index (χ2n) is 7.38. The van der Waals surface area contributed by atoms with Crippen LogP contribution in [0.2, 0.25) is 0 Å². The maximum Gasteiger partial charge on any atom is 0.412 e. The summed E-state index contributed by atoms with van der Waals surface area (Å²) in [4.78, 5) is 34.4. The first-order valence-electron chi connectivity index (χ1n) is 11.2. The normalized spacial score (nSPS) is 10.3. The largest absolute Gasteiger partial charge is 0.463 e. The minimum absolute atomic E-state index is 0.276. The highest BCUT2D eigenvalue weighted by atomic mass is 16.6. The van der Waals surface area contributed by atoms with Crippen molar-refractivity contribution in [3.05, 3.63) is 55.1 Å². The van der Waals surface area contributed by atoms with Crippen LogP contribution >= 0.6 is 0 Å². The van der Waals surface area contributed by atoms with E-state index in [4.69, 9.17) is 14.2 Å². The molecule has 0 aliphatic rings. The van der Waals surface area contributed by atoms with E-state index in [1.54, 1.807) is 6.07 Å². The minimum atomic E-state index is -0.464. The molecule has 8 nitrogen and oxygen atoms in total. The summed E-state index contributed by atoms with van der Waals surface area (Å²) in [6, 6.07) is 13.4. The second-order valence-corrected chi connectivity index (χ2v) is 7.38. The number of nitrogens with one attached hydrogen (secondary N) is 2. The lowest BCUT2D eigenvalue weighted by Gasteiger charge is -2.08. The van der Waals surface area contributed by atoms with Crippen LogP contribution in [-0.2, 0) is 14.3 Å². The number of benzene rings is 2. The number of carbonyl (C=O) groups is 3. The van der Waals surface area contributed by atoms with E-state index in [-0.39, 0.29) is 13.2 Å². The molecule has 8 heteroatoms. The van der Waals surface area contributed by atoms with E-state index >= 15 is 0 Å². The van der Waals surface area contributed by atoms with Crippen molar-refractivity contribution in [2.24, 2.45) is 0 Å². The molecular weight excluding hydrogens is 424 g/mol. The van der Waals surface area contributed by atoms with E-state index in [1.807, 2.05) is 36.4 Å². The number of ether oxygens (including phenoxy) is 3. The summed E-state index contributed by atoms with van der Waals surface area (Å²) in [5.74, 6) is 0.0608. The molecular formula is C25H32N2O6. The predicted octanol–water partition coefficient (Wildman–Crippen LogP) is 4.72. The molecule has 178 valence electrons. The maximum atomic E-state index is 11.9. The quantitative estimate of drug-likeness (QED) is 0.242. The van der Waals surface area contributed by atoms with E-state index in [2.05, 4.69) is 17.2 Å². The van der Waals surface area contributed by atoms with Crippen molar-refractivity contribution < 1.29 is 28.6 Å². The van der Waals surface area contributed by atoms with E-state index in [0.29, 0.717) is 31.7 Å². The number of hydrogen-bond acceptors (Lipinski definition) is 6. The second kappa shape index (κ2) is 15.3. The fraction of sp³-hybridized carbons (Fsp3) is 0.400. The van der Waals surface area contributed by atoms with E-state index in [1.165, 1.54) is 0 Å². The first-order valence-corrected chi connectivity index (χ1v) is 11.2. The van der Waals surface area contributed by atoms with Gasteiger partial charge in [0.2, 0.25) is 0 Å². The molecule has 0 unspecified atom stereocenters. The van der Waals surface area contributed by atoms with Gasteiger partial charge < -0.3 is 24.8 Å². The third-order valence-corrected chi connectivity index (χ3v) is 4.76. The maximum absolute atomic E-state index is 11.9. The van der Waals surface area contributed by atoms with Crippen LogP contribution in [0.4, 0.5) is 9.59 Å². The summed E-state index contributed by atoms with van der Waals surface area (Å²) >= 11 is 0. The van der Waals surface area contributed by atoms with Crippen LogP contribution in [0.3, 0.4) is 0 Å². The number of esters is 1. The Labute approximate surface area is 194 Å².